The Bertz CT molecular complexity index is 139. The summed E-state index contributed by atoms with van der Waals surface area (Å²) in [6.45, 7) is 5.98. The van der Waals surface area contributed by atoms with Gasteiger partial charge in [0.2, 0.25) is 0 Å². The van der Waals surface area contributed by atoms with Crippen molar-refractivity contribution in [1.82, 2.24) is 4.90 Å². The van der Waals surface area contributed by atoms with E-state index < -0.39 is 0 Å². The van der Waals surface area contributed by atoms with Crippen molar-refractivity contribution in [3.63, 3.8) is 0 Å². The molecule has 1 saturated carbocycles. The minimum atomic E-state index is 0.747. The zero-order valence-corrected chi connectivity index (χ0v) is 9.77. The molecule has 0 aromatic heterocycles. The molecular formula is C12H25N. The van der Waals surface area contributed by atoms with Crippen molar-refractivity contribution in [1.29, 1.82) is 0 Å². The van der Waals surface area contributed by atoms with E-state index in [9.17, 15) is 0 Å². The largest absolute Gasteiger partial charge is 0.309 e. The molecular weight excluding hydrogens is 158 g/mol. The van der Waals surface area contributed by atoms with E-state index in [0.29, 0.717) is 0 Å². The lowest BCUT2D eigenvalue weighted by Crippen LogP contribution is -2.37. The molecule has 0 aromatic rings. The molecule has 1 heteroatoms. The van der Waals surface area contributed by atoms with E-state index >= 15 is 0 Å². The molecule has 0 saturated heterocycles. The molecule has 13 heavy (non-hydrogen) atoms. The SMILES string of the molecule is CCC1(CC)CC(CCN(C)C)C1. The van der Waals surface area contributed by atoms with Gasteiger partial charge >= 0.3 is 0 Å². The van der Waals surface area contributed by atoms with Crippen LogP contribution in [0.2, 0.25) is 0 Å². The minimum absolute atomic E-state index is 0.747. The van der Waals surface area contributed by atoms with E-state index in [0.717, 1.165) is 11.3 Å². The maximum Gasteiger partial charge on any atom is -0.00222 e. The highest BCUT2D eigenvalue weighted by Crippen LogP contribution is 2.51. The fourth-order valence-electron chi connectivity index (χ4n) is 2.64. The van der Waals surface area contributed by atoms with Gasteiger partial charge in [-0.05, 0) is 51.2 Å². The van der Waals surface area contributed by atoms with E-state index in [1.54, 1.807) is 0 Å². The summed E-state index contributed by atoms with van der Waals surface area (Å²) >= 11 is 0. The van der Waals surface area contributed by atoms with Crippen LogP contribution in [0.3, 0.4) is 0 Å². The molecule has 1 aliphatic rings. The van der Waals surface area contributed by atoms with Crippen LogP contribution in [0.15, 0.2) is 0 Å². The van der Waals surface area contributed by atoms with Gasteiger partial charge in [-0.1, -0.05) is 26.7 Å². The first kappa shape index (κ1) is 11.0. The molecule has 0 N–H and O–H groups in total. The lowest BCUT2D eigenvalue weighted by molar-refractivity contribution is 0.0366. The first-order chi connectivity index (χ1) is 6.12. The Morgan fingerprint density at radius 3 is 2.08 bits per heavy atom. The third-order valence-electron chi connectivity index (χ3n) is 3.93. The minimum Gasteiger partial charge on any atom is -0.309 e. The molecule has 0 unspecified atom stereocenters. The summed E-state index contributed by atoms with van der Waals surface area (Å²) in [5.41, 5.74) is 0.747. The van der Waals surface area contributed by atoms with Crippen LogP contribution in [0.1, 0.15) is 46.0 Å². The van der Waals surface area contributed by atoms with Crippen molar-refractivity contribution >= 4 is 0 Å². The predicted molar refractivity (Wildman–Crippen MR) is 58.9 cm³/mol. The smallest absolute Gasteiger partial charge is 0.00222 e. The quantitative estimate of drug-likeness (QED) is 0.633. The molecule has 1 aliphatic carbocycles. The fraction of sp³-hybridized carbons (Fsp3) is 1.00. The highest BCUT2D eigenvalue weighted by atomic mass is 15.0. The second kappa shape index (κ2) is 4.45. The first-order valence-electron chi connectivity index (χ1n) is 5.76. The van der Waals surface area contributed by atoms with Crippen LogP contribution in [0, 0.1) is 11.3 Å². The maximum absolute atomic E-state index is 2.35. The molecule has 1 fully saturated rings. The highest BCUT2D eigenvalue weighted by molar-refractivity contribution is 4.91. The normalized spacial score (nSPS) is 21.9. The van der Waals surface area contributed by atoms with Gasteiger partial charge in [0.15, 0.2) is 0 Å². The highest BCUT2D eigenvalue weighted by Gasteiger charge is 2.40. The van der Waals surface area contributed by atoms with Crippen LogP contribution in [-0.4, -0.2) is 25.5 Å². The van der Waals surface area contributed by atoms with E-state index in [2.05, 4.69) is 32.8 Å². The van der Waals surface area contributed by atoms with Crippen molar-refractivity contribution in [2.45, 2.75) is 46.0 Å². The van der Waals surface area contributed by atoms with E-state index in [-0.39, 0.29) is 0 Å². The Hall–Kier alpha value is -0.0400. The molecule has 0 spiro atoms. The van der Waals surface area contributed by atoms with Gasteiger partial charge in [0, 0.05) is 0 Å². The van der Waals surface area contributed by atoms with Crippen molar-refractivity contribution < 1.29 is 0 Å². The molecule has 1 rings (SSSR count). The summed E-state index contributed by atoms with van der Waals surface area (Å²) in [7, 11) is 4.34. The Balaban J connectivity index is 2.16. The molecule has 78 valence electrons. The number of rotatable bonds is 5. The summed E-state index contributed by atoms with van der Waals surface area (Å²) < 4.78 is 0. The van der Waals surface area contributed by atoms with Crippen molar-refractivity contribution in [3.8, 4) is 0 Å². The van der Waals surface area contributed by atoms with Gasteiger partial charge in [-0.2, -0.15) is 0 Å². The van der Waals surface area contributed by atoms with Gasteiger partial charge in [-0.25, -0.2) is 0 Å². The van der Waals surface area contributed by atoms with Crippen molar-refractivity contribution in [3.05, 3.63) is 0 Å². The molecule has 0 heterocycles. The second-order valence-corrected chi connectivity index (χ2v) is 5.07. The van der Waals surface area contributed by atoms with Gasteiger partial charge in [0.05, 0.1) is 0 Å². The van der Waals surface area contributed by atoms with Crippen LogP contribution in [0.5, 0.6) is 0 Å². The van der Waals surface area contributed by atoms with E-state index in [1.807, 2.05) is 0 Å². The van der Waals surface area contributed by atoms with Crippen molar-refractivity contribution in [2.75, 3.05) is 20.6 Å². The molecule has 0 radical (unpaired) electrons. The topological polar surface area (TPSA) is 3.24 Å². The maximum atomic E-state index is 2.35. The predicted octanol–water partition coefficient (Wildman–Crippen LogP) is 3.15. The molecule has 0 atom stereocenters. The molecule has 0 amide bonds. The van der Waals surface area contributed by atoms with Gasteiger partial charge in [-0.3, -0.25) is 0 Å². The van der Waals surface area contributed by atoms with E-state index in [1.165, 1.54) is 38.6 Å². The summed E-state index contributed by atoms with van der Waals surface area (Å²) in [6.07, 6.45) is 7.18. The van der Waals surface area contributed by atoms with Crippen LogP contribution in [-0.2, 0) is 0 Å². The summed E-state index contributed by atoms with van der Waals surface area (Å²) in [5, 5.41) is 0. The summed E-state index contributed by atoms with van der Waals surface area (Å²) in [6, 6.07) is 0. The van der Waals surface area contributed by atoms with Gasteiger partial charge in [0.25, 0.3) is 0 Å². The Kier molecular flexibility index (Phi) is 3.78. The molecule has 1 nitrogen and oxygen atoms in total. The number of hydrogen-bond donors (Lipinski definition) is 0. The van der Waals surface area contributed by atoms with Crippen LogP contribution in [0.4, 0.5) is 0 Å². The Labute approximate surface area is 83.5 Å². The van der Waals surface area contributed by atoms with Gasteiger partial charge in [-0.15, -0.1) is 0 Å². The number of nitrogens with zero attached hydrogens (tertiary/aromatic N) is 1. The van der Waals surface area contributed by atoms with Crippen LogP contribution in [0.25, 0.3) is 0 Å². The monoisotopic (exact) mass is 183 g/mol. The Morgan fingerprint density at radius 2 is 1.69 bits per heavy atom. The van der Waals surface area contributed by atoms with Gasteiger partial charge < -0.3 is 4.90 Å². The van der Waals surface area contributed by atoms with E-state index in [4.69, 9.17) is 0 Å². The zero-order chi connectivity index (χ0) is 9.90. The molecule has 0 aromatic carbocycles. The van der Waals surface area contributed by atoms with Crippen molar-refractivity contribution in [2.24, 2.45) is 11.3 Å². The Morgan fingerprint density at radius 1 is 1.15 bits per heavy atom. The third kappa shape index (κ3) is 2.70. The van der Waals surface area contributed by atoms with Crippen LogP contribution < -0.4 is 0 Å². The average Bonchev–Trinajstić information content (AvgIpc) is 2.03. The second-order valence-electron chi connectivity index (χ2n) is 5.07. The lowest BCUT2D eigenvalue weighted by Gasteiger charge is -2.47. The molecule has 0 aliphatic heterocycles. The lowest BCUT2D eigenvalue weighted by atomic mass is 9.58. The summed E-state index contributed by atoms with van der Waals surface area (Å²) in [4.78, 5) is 2.30. The molecule has 0 bridgehead atoms. The fourth-order valence-corrected chi connectivity index (χ4v) is 2.64. The summed E-state index contributed by atoms with van der Waals surface area (Å²) in [5.74, 6) is 1.03. The van der Waals surface area contributed by atoms with Gasteiger partial charge in [0.1, 0.15) is 0 Å². The third-order valence-corrected chi connectivity index (χ3v) is 3.93. The average molecular weight is 183 g/mol. The van der Waals surface area contributed by atoms with Crippen LogP contribution >= 0.6 is 0 Å². The number of hydrogen-bond acceptors (Lipinski definition) is 1. The first-order valence-corrected chi connectivity index (χ1v) is 5.76. The standard InChI is InChI=1S/C12H25N/c1-5-12(6-2)9-11(10-12)7-8-13(3)4/h11H,5-10H2,1-4H3. The zero-order valence-electron chi connectivity index (χ0n) is 9.77.